The molecule has 0 N–H and O–H groups in total. The number of nitrogens with zero attached hydrogens (tertiary/aromatic N) is 5. The van der Waals surface area contributed by atoms with Gasteiger partial charge in [-0.15, -0.1) is 11.5 Å². The highest BCUT2D eigenvalue weighted by Gasteiger charge is 2.07. The maximum atomic E-state index is 5.28. The van der Waals surface area contributed by atoms with Crippen LogP contribution < -0.4 is 9.73 Å². The van der Waals surface area contributed by atoms with Crippen molar-refractivity contribution >= 4 is 11.3 Å². The van der Waals surface area contributed by atoms with E-state index in [-0.39, 0.29) is 0 Å². The van der Waals surface area contributed by atoms with Gasteiger partial charge in [-0.25, -0.2) is 4.98 Å². The van der Waals surface area contributed by atoms with Gasteiger partial charge in [0.2, 0.25) is 6.20 Å². The fourth-order valence-electron chi connectivity index (χ4n) is 1.37. The summed E-state index contributed by atoms with van der Waals surface area (Å²) in [6, 6.07) is 0. The lowest BCUT2D eigenvalue weighted by Crippen LogP contribution is -2.28. The highest BCUT2D eigenvalue weighted by molar-refractivity contribution is 5.62. The highest BCUT2D eigenvalue weighted by Crippen LogP contribution is 2.01. The highest BCUT2D eigenvalue weighted by atomic mass is 15.5. The van der Waals surface area contributed by atoms with E-state index in [1.54, 1.807) is 33.9 Å². The van der Waals surface area contributed by atoms with Crippen LogP contribution in [0.4, 0.5) is 0 Å². The maximum Gasteiger partial charge on any atom is 0.219 e. The molecule has 0 atom stereocenters. The largest absolute Gasteiger partial charge is 0.361 e. The molecule has 0 aliphatic rings. The van der Waals surface area contributed by atoms with E-state index in [1.165, 1.54) is 0 Å². The van der Waals surface area contributed by atoms with E-state index in [9.17, 15) is 0 Å². The van der Waals surface area contributed by atoms with Gasteiger partial charge in [-0.05, 0) is 6.20 Å². The Morgan fingerprint density at radius 2 is 2.29 bits per heavy atom. The van der Waals surface area contributed by atoms with Crippen LogP contribution in [0.2, 0.25) is 0 Å². The number of rotatable bonds is 0. The van der Waals surface area contributed by atoms with Gasteiger partial charge in [-0.3, -0.25) is 0 Å². The molecule has 3 rings (SSSR count). The van der Waals surface area contributed by atoms with Gasteiger partial charge in [0.15, 0.2) is 5.65 Å². The van der Waals surface area contributed by atoms with Crippen molar-refractivity contribution in [3.05, 3.63) is 30.4 Å². The first-order valence-electron chi connectivity index (χ1n) is 4.03. The predicted molar refractivity (Wildman–Crippen MR) is 47.4 cm³/mol. The van der Waals surface area contributed by atoms with Crippen LogP contribution in [0.1, 0.15) is 5.56 Å². The molecule has 0 radical (unpaired) electrons. The molecule has 5 nitrogen and oxygen atoms in total. The summed E-state index contributed by atoms with van der Waals surface area (Å²) in [5.74, 6) is 2.54. The maximum absolute atomic E-state index is 5.28. The van der Waals surface area contributed by atoms with Crippen molar-refractivity contribution in [1.29, 1.82) is 0 Å². The van der Waals surface area contributed by atoms with E-state index < -0.39 is 0 Å². The quantitative estimate of drug-likeness (QED) is 0.345. The van der Waals surface area contributed by atoms with Crippen molar-refractivity contribution in [2.24, 2.45) is 0 Å². The number of hydrogen-bond acceptors (Lipinski definition) is 2. The molecule has 5 heteroatoms. The van der Waals surface area contributed by atoms with E-state index in [4.69, 9.17) is 6.42 Å². The molecular formula is C9H5N5. The third kappa shape index (κ3) is 0.769. The predicted octanol–water partition coefficient (Wildman–Crippen LogP) is -0.594. The molecule has 3 aromatic rings. The fraction of sp³-hybridized carbons (Fsp3) is 0. The van der Waals surface area contributed by atoms with Crippen LogP contribution in [0.25, 0.3) is 11.3 Å². The van der Waals surface area contributed by atoms with Crippen LogP contribution in [0.3, 0.4) is 0 Å². The molecule has 0 aliphatic carbocycles. The van der Waals surface area contributed by atoms with Crippen LogP contribution in [0, 0.1) is 12.3 Å². The molecule has 0 spiro atoms. The number of aromatic nitrogens is 5. The van der Waals surface area contributed by atoms with Gasteiger partial charge in [0.25, 0.3) is 0 Å². The van der Waals surface area contributed by atoms with E-state index in [2.05, 4.69) is 21.0 Å². The van der Waals surface area contributed by atoms with Gasteiger partial charge in [-0.2, -0.15) is 4.52 Å². The number of fused-ring (bicyclic) bond motifs is 3. The molecule has 0 unspecified atom stereocenters. The first kappa shape index (κ1) is 7.09. The van der Waals surface area contributed by atoms with Gasteiger partial charge in [-0.1, -0.05) is 10.6 Å². The Hall–Kier alpha value is -2.35. The van der Waals surface area contributed by atoms with E-state index in [1.807, 2.05) is 0 Å². The van der Waals surface area contributed by atoms with Gasteiger partial charge in [0.1, 0.15) is 5.65 Å². The SMILES string of the molecule is C#Cc1cn2c3nccnc3[n-][n+]2c1. The Bertz CT molecular complexity index is 654. The Morgan fingerprint density at radius 3 is 3.14 bits per heavy atom. The summed E-state index contributed by atoms with van der Waals surface area (Å²) in [5.41, 5.74) is 2.08. The standard InChI is InChI=1S/C9H5N5/c1-2-7-5-13-9-8(10-3-4-11-9)12-14(13)6-7/h1,3-6H. The van der Waals surface area contributed by atoms with Crippen LogP contribution in [-0.2, 0) is 0 Å². The van der Waals surface area contributed by atoms with Gasteiger partial charge in [0.05, 0.1) is 5.56 Å². The molecule has 66 valence electrons. The molecule has 0 saturated heterocycles. The Balaban J connectivity index is 2.52. The molecule has 14 heavy (non-hydrogen) atoms. The van der Waals surface area contributed by atoms with Crippen molar-refractivity contribution in [2.75, 3.05) is 0 Å². The normalized spacial score (nSPS) is 10.8. The smallest absolute Gasteiger partial charge is 0.219 e. The molecular weight excluding hydrogens is 178 g/mol. The van der Waals surface area contributed by atoms with Crippen LogP contribution in [0.5, 0.6) is 0 Å². The topological polar surface area (TPSA) is 48.4 Å². The van der Waals surface area contributed by atoms with E-state index in [0.717, 1.165) is 5.56 Å². The van der Waals surface area contributed by atoms with Crippen molar-refractivity contribution in [1.82, 2.24) is 19.6 Å². The monoisotopic (exact) mass is 183 g/mol. The van der Waals surface area contributed by atoms with Gasteiger partial charge in [0, 0.05) is 12.4 Å². The Morgan fingerprint density at radius 1 is 1.43 bits per heavy atom. The summed E-state index contributed by atoms with van der Waals surface area (Å²) >= 11 is 0. The molecule has 0 aliphatic heterocycles. The van der Waals surface area contributed by atoms with Crippen molar-refractivity contribution in [3.63, 3.8) is 0 Å². The first-order chi connectivity index (χ1) is 6.88. The number of hydrogen-bond donors (Lipinski definition) is 0. The molecule has 0 aromatic carbocycles. The third-order valence-electron chi connectivity index (χ3n) is 1.98. The molecule has 3 aromatic heterocycles. The van der Waals surface area contributed by atoms with Crippen molar-refractivity contribution in [3.8, 4) is 12.3 Å². The summed E-state index contributed by atoms with van der Waals surface area (Å²) < 4.78 is 3.39. The lowest BCUT2D eigenvalue weighted by Gasteiger charge is -1.87. The minimum Gasteiger partial charge on any atom is -0.361 e. The summed E-state index contributed by atoms with van der Waals surface area (Å²) in [5, 5.41) is 4.19. The molecule has 0 amide bonds. The Kier molecular flexibility index (Phi) is 1.18. The lowest BCUT2D eigenvalue weighted by atomic mass is 10.4. The van der Waals surface area contributed by atoms with E-state index >= 15 is 0 Å². The second-order valence-electron chi connectivity index (χ2n) is 2.83. The molecule has 0 bridgehead atoms. The first-order valence-corrected chi connectivity index (χ1v) is 4.03. The van der Waals surface area contributed by atoms with Crippen molar-refractivity contribution < 1.29 is 4.63 Å². The molecule has 3 heterocycles. The summed E-state index contributed by atoms with van der Waals surface area (Å²) in [6.07, 6.45) is 12.1. The third-order valence-corrected chi connectivity index (χ3v) is 1.98. The molecule has 0 saturated carbocycles. The fourth-order valence-corrected chi connectivity index (χ4v) is 1.37. The van der Waals surface area contributed by atoms with Crippen LogP contribution in [0.15, 0.2) is 24.8 Å². The second kappa shape index (κ2) is 2.33. The van der Waals surface area contributed by atoms with Crippen LogP contribution in [-0.4, -0.2) is 14.5 Å². The average molecular weight is 183 g/mol. The number of terminal acetylenes is 1. The lowest BCUT2D eigenvalue weighted by molar-refractivity contribution is -0.674. The summed E-state index contributed by atoms with van der Waals surface area (Å²) in [7, 11) is 0. The van der Waals surface area contributed by atoms with Crippen molar-refractivity contribution in [2.45, 2.75) is 0 Å². The Labute approximate surface area is 79.0 Å². The van der Waals surface area contributed by atoms with Crippen LogP contribution >= 0.6 is 0 Å². The van der Waals surface area contributed by atoms with Gasteiger partial charge >= 0.3 is 0 Å². The van der Waals surface area contributed by atoms with E-state index in [0.29, 0.717) is 11.3 Å². The zero-order valence-corrected chi connectivity index (χ0v) is 7.12. The second-order valence-corrected chi connectivity index (χ2v) is 2.83. The minimum atomic E-state index is 0.607. The summed E-state index contributed by atoms with van der Waals surface area (Å²) in [4.78, 5) is 8.24. The average Bonchev–Trinajstić information content (AvgIpc) is 2.73. The zero-order chi connectivity index (χ0) is 9.54. The molecule has 0 fully saturated rings. The summed E-state index contributed by atoms with van der Waals surface area (Å²) in [6.45, 7) is 0. The minimum absolute atomic E-state index is 0.607. The van der Waals surface area contributed by atoms with Gasteiger partial charge < -0.3 is 4.98 Å². The zero-order valence-electron chi connectivity index (χ0n) is 7.12.